The van der Waals surface area contributed by atoms with Crippen molar-refractivity contribution < 1.29 is 4.42 Å². The van der Waals surface area contributed by atoms with E-state index in [1.807, 2.05) is 19.1 Å². The van der Waals surface area contributed by atoms with Crippen LogP contribution in [0, 0.1) is 13.8 Å². The summed E-state index contributed by atoms with van der Waals surface area (Å²) in [7, 11) is 0. The fourth-order valence-electron chi connectivity index (χ4n) is 1.70. The molecule has 0 atom stereocenters. The quantitative estimate of drug-likeness (QED) is 0.831. The SMILES string of the molecule is CCc1[nH]nc(NCc2ccc(C)o2)c1C. The van der Waals surface area contributed by atoms with Crippen molar-refractivity contribution >= 4 is 5.82 Å². The Morgan fingerprint density at radius 3 is 2.75 bits per heavy atom. The van der Waals surface area contributed by atoms with Gasteiger partial charge in [-0.1, -0.05) is 6.92 Å². The molecule has 0 unspecified atom stereocenters. The van der Waals surface area contributed by atoms with Crippen molar-refractivity contribution in [3.05, 3.63) is 34.9 Å². The van der Waals surface area contributed by atoms with Crippen LogP contribution < -0.4 is 5.32 Å². The van der Waals surface area contributed by atoms with E-state index in [0.717, 1.165) is 23.8 Å². The molecule has 2 aromatic heterocycles. The first-order chi connectivity index (χ1) is 7.70. The summed E-state index contributed by atoms with van der Waals surface area (Å²) in [5.41, 5.74) is 2.36. The second-order valence-corrected chi connectivity index (χ2v) is 3.90. The van der Waals surface area contributed by atoms with Crippen molar-refractivity contribution in [1.29, 1.82) is 0 Å². The summed E-state index contributed by atoms with van der Waals surface area (Å²) in [5, 5.41) is 10.5. The minimum atomic E-state index is 0.669. The molecule has 4 heteroatoms. The molecule has 0 aliphatic carbocycles. The highest BCUT2D eigenvalue weighted by molar-refractivity contribution is 5.45. The molecule has 4 nitrogen and oxygen atoms in total. The largest absolute Gasteiger partial charge is 0.465 e. The maximum atomic E-state index is 5.48. The van der Waals surface area contributed by atoms with Crippen LogP contribution in [0.3, 0.4) is 0 Å². The van der Waals surface area contributed by atoms with E-state index in [4.69, 9.17) is 4.42 Å². The number of aromatic nitrogens is 2. The number of hydrogen-bond acceptors (Lipinski definition) is 3. The van der Waals surface area contributed by atoms with Crippen LogP contribution in [0.1, 0.15) is 29.7 Å². The van der Waals surface area contributed by atoms with E-state index in [1.54, 1.807) is 0 Å². The van der Waals surface area contributed by atoms with Gasteiger partial charge in [0.2, 0.25) is 0 Å². The fourth-order valence-corrected chi connectivity index (χ4v) is 1.70. The molecular weight excluding hydrogens is 202 g/mol. The van der Waals surface area contributed by atoms with Gasteiger partial charge in [0.05, 0.1) is 6.54 Å². The first kappa shape index (κ1) is 10.8. The van der Waals surface area contributed by atoms with Gasteiger partial charge in [0.15, 0.2) is 5.82 Å². The van der Waals surface area contributed by atoms with Crippen LogP contribution in [0.15, 0.2) is 16.5 Å². The lowest BCUT2D eigenvalue weighted by Crippen LogP contribution is -1.99. The molecule has 0 amide bonds. The molecule has 0 saturated carbocycles. The smallest absolute Gasteiger partial charge is 0.151 e. The third kappa shape index (κ3) is 2.10. The monoisotopic (exact) mass is 219 g/mol. The van der Waals surface area contributed by atoms with Crippen LogP contribution in [0.25, 0.3) is 0 Å². The van der Waals surface area contributed by atoms with Gasteiger partial charge in [0.1, 0.15) is 11.5 Å². The summed E-state index contributed by atoms with van der Waals surface area (Å²) in [5.74, 6) is 2.77. The van der Waals surface area contributed by atoms with Gasteiger partial charge < -0.3 is 9.73 Å². The normalized spacial score (nSPS) is 10.7. The van der Waals surface area contributed by atoms with Crippen LogP contribution in [0.5, 0.6) is 0 Å². The van der Waals surface area contributed by atoms with E-state index >= 15 is 0 Å². The number of anilines is 1. The zero-order valence-electron chi connectivity index (χ0n) is 9.92. The Bertz CT molecular complexity index is 470. The highest BCUT2D eigenvalue weighted by Gasteiger charge is 2.07. The van der Waals surface area contributed by atoms with Gasteiger partial charge >= 0.3 is 0 Å². The molecule has 2 rings (SSSR count). The Morgan fingerprint density at radius 2 is 2.19 bits per heavy atom. The predicted molar refractivity (Wildman–Crippen MR) is 63.5 cm³/mol. The van der Waals surface area contributed by atoms with Gasteiger partial charge in [-0.15, -0.1) is 0 Å². The summed E-state index contributed by atoms with van der Waals surface area (Å²) in [6.45, 7) is 6.79. The molecule has 16 heavy (non-hydrogen) atoms. The first-order valence-corrected chi connectivity index (χ1v) is 5.53. The summed E-state index contributed by atoms with van der Waals surface area (Å²) in [4.78, 5) is 0. The Kier molecular flexibility index (Phi) is 2.99. The number of nitrogens with one attached hydrogen (secondary N) is 2. The first-order valence-electron chi connectivity index (χ1n) is 5.53. The summed E-state index contributed by atoms with van der Waals surface area (Å²) in [6.07, 6.45) is 0.973. The average molecular weight is 219 g/mol. The van der Waals surface area contributed by atoms with E-state index in [2.05, 4.69) is 29.4 Å². The second-order valence-electron chi connectivity index (χ2n) is 3.90. The van der Waals surface area contributed by atoms with Crippen molar-refractivity contribution in [1.82, 2.24) is 10.2 Å². The number of H-pyrrole nitrogens is 1. The van der Waals surface area contributed by atoms with Crippen molar-refractivity contribution in [3.8, 4) is 0 Å². The predicted octanol–water partition coefficient (Wildman–Crippen LogP) is 2.79. The number of hydrogen-bond donors (Lipinski definition) is 2. The standard InChI is InChI=1S/C12H17N3O/c1-4-11-9(3)12(15-14-11)13-7-10-6-5-8(2)16-10/h5-6H,4,7H2,1-3H3,(H2,13,14,15). The Balaban J connectivity index is 2.02. The number of furan rings is 1. The number of nitrogens with zero attached hydrogens (tertiary/aromatic N) is 1. The molecule has 0 aromatic carbocycles. The third-order valence-electron chi connectivity index (χ3n) is 2.69. The van der Waals surface area contributed by atoms with Crippen molar-refractivity contribution in [2.75, 3.05) is 5.32 Å². The minimum absolute atomic E-state index is 0.669. The number of rotatable bonds is 4. The van der Waals surface area contributed by atoms with Crippen molar-refractivity contribution in [2.24, 2.45) is 0 Å². The topological polar surface area (TPSA) is 53.9 Å². The molecule has 0 spiro atoms. The van der Waals surface area contributed by atoms with Crippen molar-refractivity contribution in [2.45, 2.75) is 33.7 Å². The second kappa shape index (κ2) is 4.43. The Labute approximate surface area is 95.1 Å². The molecule has 86 valence electrons. The summed E-state index contributed by atoms with van der Waals surface area (Å²) in [6, 6.07) is 3.94. The molecule has 0 radical (unpaired) electrons. The lowest BCUT2D eigenvalue weighted by Gasteiger charge is -2.01. The molecule has 0 saturated heterocycles. The molecule has 0 aliphatic rings. The molecule has 2 aromatic rings. The Morgan fingerprint density at radius 1 is 1.38 bits per heavy atom. The summed E-state index contributed by atoms with van der Waals surface area (Å²) >= 11 is 0. The molecule has 0 fully saturated rings. The average Bonchev–Trinajstić information content (AvgIpc) is 2.83. The minimum Gasteiger partial charge on any atom is -0.465 e. The van der Waals surface area contributed by atoms with Crippen LogP contribution in [-0.4, -0.2) is 10.2 Å². The molecule has 0 aliphatic heterocycles. The van der Waals surface area contributed by atoms with Crippen LogP contribution in [-0.2, 0) is 13.0 Å². The maximum absolute atomic E-state index is 5.48. The van der Waals surface area contributed by atoms with Crippen LogP contribution in [0.2, 0.25) is 0 Å². The van der Waals surface area contributed by atoms with Crippen LogP contribution in [0.4, 0.5) is 5.82 Å². The molecule has 2 N–H and O–H groups in total. The number of aryl methyl sites for hydroxylation is 2. The van der Waals surface area contributed by atoms with Gasteiger partial charge in [-0.25, -0.2) is 0 Å². The van der Waals surface area contributed by atoms with Gasteiger partial charge in [-0.2, -0.15) is 5.10 Å². The summed E-state index contributed by atoms with van der Waals surface area (Å²) < 4.78 is 5.48. The zero-order valence-corrected chi connectivity index (χ0v) is 9.92. The maximum Gasteiger partial charge on any atom is 0.151 e. The highest BCUT2D eigenvalue weighted by Crippen LogP contribution is 2.16. The molecular formula is C12H17N3O. The van der Waals surface area contributed by atoms with E-state index in [0.29, 0.717) is 6.54 Å². The number of aromatic amines is 1. The Hall–Kier alpha value is -1.71. The zero-order chi connectivity index (χ0) is 11.5. The van der Waals surface area contributed by atoms with Crippen LogP contribution >= 0.6 is 0 Å². The fraction of sp³-hybridized carbons (Fsp3) is 0.417. The van der Waals surface area contributed by atoms with Gasteiger partial charge in [0.25, 0.3) is 0 Å². The lowest BCUT2D eigenvalue weighted by atomic mass is 10.2. The highest BCUT2D eigenvalue weighted by atomic mass is 16.3. The van der Waals surface area contributed by atoms with E-state index < -0.39 is 0 Å². The van der Waals surface area contributed by atoms with Gasteiger partial charge in [0, 0.05) is 11.3 Å². The van der Waals surface area contributed by atoms with E-state index in [1.165, 1.54) is 11.3 Å². The van der Waals surface area contributed by atoms with Gasteiger partial charge in [-0.05, 0) is 32.4 Å². The van der Waals surface area contributed by atoms with Crippen molar-refractivity contribution in [3.63, 3.8) is 0 Å². The third-order valence-corrected chi connectivity index (χ3v) is 2.69. The van der Waals surface area contributed by atoms with Gasteiger partial charge in [-0.3, -0.25) is 5.10 Å². The molecule has 0 bridgehead atoms. The lowest BCUT2D eigenvalue weighted by molar-refractivity contribution is 0.490. The molecule has 2 heterocycles. The van der Waals surface area contributed by atoms with E-state index in [9.17, 15) is 0 Å². The van der Waals surface area contributed by atoms with E-state index in [-0.39, 0.29) is 0 Å².